The van der Waals surface area contributed by atoms with E-state index in [2.05, 4.69) is 13.8 Å². The molecular weight excluding hydrogens is 126 g/mol. The van der Waals surface area contributed by atoms with E-state index in [4.69, 9.17) is 10.5 Å². The van der Waals surface area contributed by atoms with Gasteiger partial charge in [0.05, 0.1) is 0 Å². The van der Waals surface area contributed by atoms with Crippen LogP contribution >= 0.6 is 0 Å². The van der Waals surface area contributed by atoms with Crippen LogP contribution in [0.15, 0.2) is 0 Å². The summed E-state index contributed by atoms with van der Waals surface area (Å²) in [5.41, 5.74) is 5.56. The molecule has 2 N–H and O–H groups in total. The second kappa shape index (κ2) is 5.69. The molecule has 0 fully saturated rings. The van der Waals surface area contributed by atoms with Gasteiger partial charge in [0.1, 0.15) is 0 Å². The molecule has 2 heteroatoms. The molecule has 0 aliphatic carbocycles. The van der Waals surface area contributed by atoms with Crippen molar-refractivity contribution in [3.05, 3.63) is 0 Å². The Kier molecular flexibility index (Phi) is 5.64. The van der Waals surface area contributed by atoms with Gasteiger partial charge < -0.3 is 10.5 Å². The summed E-state index contributed by atoms with van der Waals surface area (Å²) in [4.78, 5) is 0. The van der Waals surface area contributed by atoms with E-state index in [0.717, 1.165) is 19.6 Å². The molecule has 2 unspecified atom stereocenters. The maximum Gasteiger partial charge on any atom is 0.0490 e. The fourth-order valence-corrected chi connectivity index (χ4v) is 1.20. The van der Waals surface area contributed by atoms with Crippen LogP contribution in [0.3, 0.4) is 0 Å². The summed E-state index contributed by atoms with van der Waals surface area (Å²) >= 11 is 0. The maximum absolute atomic E-state index is 5.56. The Balaban J connectivity index is 3.53. The van der Waals surface area contributed by atoms with Gasteiger partial charge in [0.25, 0.3) is 0 Å². The first kappa shape index (κ1) is 9.92. The monoisotopic (exact) mass is 145 g/mol. The minimum Gasteiger partial charge on any atom is -0.384 e. The van der Waals surface area contributed by atoms with Gasteiger partial charge in [-0.2, -0.15) is 0 Å². The molecule has 0 aromatic rings. The predicted molar refractivity (Wildman–Crippen MR) is 43.9 cm³/mol. The highest BCUT2D eigenvalue weighted by molar-refractivity contribution is 4.64. The third-order valence-electron chi connectivity index (χ3n) is 2.06. The normalized spacial score (nSPS) is 16.8. The third-order valence-corrected chi connectivity index (χ3v) is 2.06. The Morgan fingerprint density at radius 1 is 1.50 bits per heavy atom. The summed E-state index contributed by atoms with van der Waals surface area (Å²) in [5.74, 6) is 1.22. The van der Waals surface area contributed by atoms with Gasteiger partial charge in [0.2, 0.25) is 0 Å². The quantitative estimate of drug-likeness (QED) is 0.632. The lowest BCUT2D eigenvalue weighted by Gasteiger charge is -2.19. The molecule has 2 nitrogen and oxygen atoms in total. The van der Waals surface area contributed by atoms with Gasteiger partial charge in [-0.05, 0) is 18.4 Å². The number of ether oxygens (including phenoxy) is 1. The molecule has 2 atom stereocenters. The third kappa shape index (κ3) is 3.18. The number of hydrogen-bond acceptors (Lipinski definition) is 2. The van der Waals surface area contributed by atoms with Crippen LogP contribution in [0.1, 0.15) is 20.3 Å². The van der Waals surface area contributed by atoms with Crippen molar-refractivity contribution in [3.8, 4) is 0 Å². The summed E-state index contributed by atoms with van der Waals surface area (Å²) < 4.78 is 5.03. The molecule has 0 spiro atoms. The first-order chi connectivity index (χ1) is 4.76. The molecule has 0 bridgehead atoms. The summed E-state index contributed by atoms with van der Waals surface area (Å²) in [6, 6.07) is 0. The zero-order valence-electron chi connectivity index (χ0n) is 7.26. The lowest BCUT2D eigenvalue weighted by Crippen LogP contribution is -2.23. The minimum absolute atomic E-state index is 0.597. The van der Waals surface area contributed by atoms with Gasteiger partial charge in [0.15, 0.2) is 0 Å². The zero-order chi connectivity index (χ0) is 7.98. The smallest absolute Gasteiger partial charge is 0.0490 e. The predicted octanol–water partition coefficient (Wildman–Crippen LogP) is 1.25. The fourth-order valence-electron chi connectivity index (χ4n) is 1.20. The Hall–Kier alpha value is -0.0800. The molecule has 0 heterocycles. The van der Waals surface area contributed by atoms with E-state index in [0.29, 0.717) is 11.8 Å². The average Bonchev–Trinajstić information content (AvgIpc) is 1.91. The van der Waals surface area contributed by atoms with E-state index in [1.807, 2.05) is 0 Å². The van der Waals surface area contributed by atoms with Crippen molar-refractivity contribution < 1.29 is 4.74 Å². The number of hydrogen-bond donors (Lipinski definition) is 1. The largest absolute Gasteiger partial charge is 0.384 e. The molecule has 0 saturated heterocycles. The van der Waals surface area contributed by atoms with Crippen molar-refractivity contribution in [2.24, 2.45) is 17.6 Å². The van der Waals surface area contributed by atoms with E-state index in [9.17, 15) is 0 Å². The highest BCUT2D eigenvalue weighted by Crippen LogP contribution is 2.13. The topological polar surface area (TPSA) is 35.2 Å². The van der Waals surface area contributed by atoms with Crippen LogP contribution in [0.4, 0.5) is 0 Å². The Bertz CT molecular complexity index is 71.7. The van der Waals surface area contributed by atoms with Crippen LogP contribution in [-0.2, 0) is 4.74 Å². The molecule has 0 aromatic carbocycles. The van der Waals surface area contributed by atoms with Crippen molar-refractivity contribution in [1.82, 2.24) is 0 Å². The second-order valence-electron chi connectivity index (χ2n) is 2.84. The lowest BCUT2D eigenvalue weighted by atomic mass is 9.92. The summed E-state index contributed by atoms with van der Waals surface area (Å²) in [6.45, 7) is 5.96. The molecular formula is C8H19NO. The van der Waals surface area contributed by atoms with Crippen molar-refractivity contribution >= 4 is 0 Å². The van der Waals surface area contributed by atoms with Crippen LogP contribution in [0.2, 0.25) is 0 Å². The van der Waals surface area contributed by atoms with Gasteiger partial charge in [-0.15, -0.1) is 0 Å². The molecule has 0 aromatic heterocycles. The first-order valence-corrected chi connectivity index (χ1v) is 3.95. The van der Waals surface area contributed by atoms with E-state index in [1.54, 1.807) is 7.11 Å². The highest BCUT2D eigenvalue weighted by Gasteiger charge is 2.12. The molecule has 0 rings (SSSR count). The standard InChI is InChI=1S/C8H19NO/c1-4-8(5-9)7(2)6-10-3/h7-8H,4-6,9H2,1-3H3. The zero-order valence-corrected chi connectivity index (χ0v) is 7.26. The van der Waals surface area contributed by atoms with Gasteiger partial charge in [-0.3, -0.25) is 0 Å². The van der Waals surface area contributed by atoms with Gasteiger partial charge >= 0.3 is 0 Å². The average molecular weight is 145 g/mol. The van der Waals surface area contributed by atoms with E-state index in [1.165, 1.54) is 0 Å². The van der Waals surface area contributed by atoms with Crippen molar-refractivity contribution in [2.75, 3.05) is 20.3 Å². The first-order valence-electron chi connectivity index (χ1n) is 3.95. The van der Waals surface area contributed by atoms with Gasteiger partial charge in [-0.25, -0.2) is 0 Å². The second-order valence-corrected chi connectivity index (χ2v) is 2.84. The van der Waals surface area contributed by atoms with Crippen LogP contribution in [0.5, 0.6) is 0 Å². The van der Waals surface area contributed by atoms with Crippen LogP contribution in [0.25, 0.3) is 0 Å². The molecule has 0 amide bonds. The molecule has 0 saturated carbocycles. The number of nitrogens with two attached hydrogens (primary N) is 1. The van der Waals surface area contributed by atoms with E-state index in [-0.39, 0.29) is 0 Å². The van der Waals surface area contributed by atoms with Gasteiger partial charge in [0, 0.05) is 13.7 Å². The Morgan fingerprint density at radius 2 is 2.10 bits per heavy atom. The van der Waals surface area contributed by atoms with E-state index < -0.39 is 0 Å². The Morgan fingerprint density at radius 3 is 2.40 bits per heavy atom. The number of rotatable bonds is 5. The van der Waals surface area contributed by atoms with Crippen LogP contribution < -0.4 is 5.73 Å². The lowest BCUT2D eigenvalue weighted by molar-refractivity contribution is 0.130. The highest BCUT2D eigenvalue weighted by atomic mass is 16.5. The van der Waals surface area contributed by atoms with Crippen LogP contribution in [0, 0.1) is 11.8 Å². The Labute approximate surface area is 63.7 Å². The summed E-state index contributed by atoms with van der Waals surface area (Å²) in [7, 11) is 1.74. The van der Waals surface area contributed by atoms with Crippen molar-refractivity contribution in [1.29, 1.82) is 0 Å². The van der Waals surface area contributed by atoms with E-state index >= 15 is 0 Å². The summed E-state index contributed by atoms with van der Waals surface area (Å²) in [5, 5.41) is 0. The minimum atomic E-state index is 0.597. The summed E-state index contributed by atoms with van der Waals surface area (Å²) in [6.07, 6.45) is 1.15. The SMILES string of the molecule is CCC(CN)C(C)COC. The van der Waals surface area contributed by atoms with Crippen molar-refractivity contribution in [2.45, 2.75) is 20.3 Å². The molecule has 0 aliphatic heterocycles. The molecule has 10 heavy (non-hydrogen) atoms. The van der Waals surface area contributed by atoms with Gasteiger partial charge in [-0.1, -0.05) is 20.3 Å². The number of methoxy groups -OCH3 is 1. The maximum atomic E-state index is 5.56. The molecule has 0 radical (unpaired) electrons. The van der Waals surface area contributed by atoms with Crippen LogP contribution in [-0.4, -0.2) is 20.3 Å². The molecule has 0 aliphatic rings. The molecule has 62 valence electrons. The van der Waals surface area contributed by atoms with Crippen molar-refractivity contribution in [3.63, 3.8) is 0 Å². The fraction of sp³-hybridized carbons (Fsp3) is 1.00.